The number of esters is 3. The molecular formula is C64H55N7O20S5. The van der Waals surface area contributed by atoms with Crippen LogP contribution in [0, 0.1) is 0 Å². The van der Waals surface area contributed by atoms with Crippen molar-refractivity contribution in [3.8, 4) is 0 Å². The molecule has 5 aliphatic rings. The first-order valence-electron chi connectivity index (χ1n) is 27.7. The molecule has 3 atom stereocenters. The number of nitrogens with two attached hydrogens (primary N) is 1. The molecule has 6 aromatic carbocycles. The van der Waals surface area contributed by atoms with Crippen LogP contribution in [-0.4, -0.2) is 140 Å². The lowest BCUT2D eigenvalue weighted by atomic mass is 10.1. The fourth-order valence-corrected chi connectivity index (χ4v) is 11.8. The molecule has 0 spiro atoms. The van der Waals surface area contributed by atoms with Crippen molar-refractivity contribution in [3.63, 3.8) is 0 Å². The predicted molar refractivity (Wildman–Crippen MR) is 358 cm³/mol. The van der Waals surface area contributed by atoms with E-state index in [1.165, 1.54) is 33.5 Å². The Hall–Kier alpha value is -10.7. The van der Waals surface area contributed by atoms with Gasteiger partial charge in [-0.25, -0.2) is 19.2 Å². The number of hydrogen-bond acceptors (Lipinski definition) is 25. The number of ether oxygens (including phenoxy) is 3. The molecule has 32 heteroatoms. The summed E-state index contributed by atoms with van der Waals surface area (Å²) in [5.74, 6) is -3.58. The Labute approximate surface area is 566 Å². The van der Waals surface area contributed by atoms with Crippen molar-refractivity contribution in [3.05, 3.63) is 206 Å². The van der Waals surface area contributed by atoms with Gasteiger partial charge in [-0.2, -0.15) is 0 Å². The average Bonchev–Trinajstić information content (AvgIpc) is 2.58. The largest absolute Gasteiger partial charge is 0.478 e. The number of anilines is 2. The average molecular weight is 1400 g/mol. The highest BCUT2D eigenvalue weighted by Crippen LogP contribution is 2.28. The second-order valence-electron chi connectivity index (χ2n) is 19.5. The summed E-state index contributed by atoms with van der Waals surface area (Å²) in [6.07, 6.45) is 3.63. The normalized spacial score (nSPS) is 16.8. The number of nitrogens with one attached hydrogen (secondary N) is 6. The van der Waals surface area contributed by atoms with Gasteiger partial charge in [-0.15, -0.1) is 0 Å². The molecular weight excluding hydrogens is 1350 g/mol. The van der Waals surface area contributed by atoms with E-state index < -0.39 is 40.3 Å². The second kappa shape index (κ2) is 36.7. The number of nitrogen functional groups attached to an aromatic ring is 1. The molecule has 9 N–H and O–H groups in total. The Bertz CT molecular complexity index is 4010. The Kier molecular flexibility index (Phi) is 28.4. The van der Waals surface area contributed by atoms with Gasteiger partial charge in [-0.3, -0.25) is 84.1 Å². The third kappa shape index (κ3) is 23.4. The minimum atomic E-state index is -0.986. The number of para-hydroxylation sites is 2. The molecule has 11 amide bonds. The van der Waals surface area contributed by atoms with E-state index in [1.807, 2.05) is 0 Å². The minimum Gasteiger partial charge on any atom is -0.478 e. The summed E-state index contributed by atoms with van der Waals surface area (Å²) in [6, 6.07) is 39.8. The Morgan fingerprint density at radius 3 is 1.19 bits per heavy atom. The van der Waals surface area contributed by atoms with Crippen molar-refractivity contribution in [2.45, 2.75) is 35.0 Å². The number of hydrogen-bond donors (Lipinski definition) is 8. The number of carboxylic acids is 1. The van der Waals surface area contributed by atoms with Gasteiger partial charge in [-0.05, 0) is 132 Å². The summed E-state index contributed by atoms with van der Waals surface area (Å²) >= 11 is 4.80. The first-order valence-corrected chi connectivity index (χ1v) is 32.1. The van der Waals surface area contributed by atoms with Crippen molar-refractivity contribution in [1.29, 1.82) is 0 Å². The molecule has 96 heavy (non-hydrogen) atoms. The monoisotopic (exact) mass is 1400 g/mol. The maximum absolute atomic E-state index is 12.2. The van der Waals surface area contributed by atoms with E-state index in [4.69, 9.17) is 10.8 Å². The summed E-state index contributed by atoms with van der Waals surface area (Å²) in [5.41, 5.74) is 12.8. The topological polar surface area (TPSA) is 419 Å². The molecule has 3 unspecified atom stereocenters. The van der Waals surface area contributed by atoms with Gasteiger partial charge in [0.25, 0.3) is 38.0 Å². The van der Waals surface area contributed by atoms with E-state index in [1.54, 1.807) is 140 Å². The number of carbonyl (C=O) groups is 16. The summed E-state index contributed by atoms with van der Waals surface area (Å²) in [5, 5.41) is 19.7. The van der Waals surface area contributed by atoms with E-state index in [2.05, 4.69) is 46.1 Å². The zero-order valence-corrected chi connectivity index (χ0v) is 54.5. The molecule has 0 saturated carbocycles. The van der Waals surface area contributed by atoms with Gasteiger partial charge in [0.05, 0.1) is 81.4 Å². The summed E-state index contributed by atoms with van der Waals surface area (Å²) in [4.78, 5) is 177. The number of amides is 11. The Morgan fingerprint density at radius 2 is 0.875 bits per heavy atom. The minimum absolute atomic E-state index is 0.185. The summed E-state index contributed by atoms with van der Waals surface area (Å²) in [6.45, 7) is 0. The Morgan fingerprint density at radius 1 is 0.490 bits per heavy atom. The zero-order valence-electron chi connectivity index (χ0n) is 50.4. The first kappa shape index (κ1) is 74.4. The van der Waals surface area contributed by atoms with Gasteiger partial charge in [0.15, 0.2) is 0 Å². The van der Waals surface area contributed by atoms with Gasteiger partial charge < -0.3 is 30.4 Å². The number of methoxy groups -OCH3 is 3. The quantitative estimate of drug-likeness (QED) is 0.0168. The lowest BCUT2D eigenvalue weighted by Crippen LogP contribution is -2.25. The van der Waals surface area contributed by atoms with Gasteiger partial charge in [-0.1, -0.05) is 120 Å². The fraction of sp³-hybridized carbons (Fsp3) is 0.156. The highest BCUT2D eigenvalue weighted by molar-refractivity contribution is 8.18. The van der Waals surface area contributed by atoms with Gasteiger partial charge in [0, 0.05) is 11.1 Å². The third-order valence-corrected chi connectivity index (χ3v) is 17.4. The number of thioether (sulfide) groups is 5. The van der Waals surface area contributed by atoms with E-state index in [0.717, 1.165) is 87.3 Å². The van der Waals surface area contributed by atoms with Crippen LogP contribution in [0.4, 0.5) is 35.3 Å². The first-order chi connectivity index (χ1) is 45.8. The number of carbonyl (C=O) groups excluding carboxylic acids is 15. The summed E-state index contributed by atoms with van der Waals surface area (Å²) < 4.78 is 13.6. The molecule has 496 valence electrons. The van der Waals surface area contributed by atoms with Crippen molar-refractivity contribution in [2.24, 2.45) is 0 Å². The van der Waals surface area contributed by atoms with Gasteiger partial charge in [0.2, 0.25) is 23.6 Å². The van der Waals surface area contributed by atoms with Crippen molar-refractivity contribution >= 4 is 168 Å². The molecule has 6 aromatic rings. The number of benzene rings is 6. The van der Waals surface area contributed by atoms with Crippen LogP contribution in [0.15, 0.2) is 150 Å². The van der Waals surface area contributed by atoms with E-state index in [0.29, 0.717) is 69.1 Å². The molecule has 5 aliphatic heterocycles. The van der Waals surface area contributed by atoms with Crippen molar-refractivity contribution in [2.75, 3.05) is 38.1 Å². The van der Waals surface area contributed by atoms with Crippen LogP contribution in [0.5, 0.6) is 0 Å². The standard InChI is InChI=1S/C17H15N3O3S.C12H11NO4S.C12H9NO4S.C11H9NO4S.C9H8O3.C3H3NO2S/c18-12-3-1-2-4-13(12)19-15(21)11-7-5-10(6-8-11)9-14-16(22)20-17(23)24-14;2*1-17-11(15)8-4-2-7(3-5-8)6-9-10(14)13-12(16)18-9;13-9-8(17-11(16)12-9)5-6-1-3-7(4-2-6)10(14)15;1-12-9(11)8-4-2-7(6-10)3-5-8;5-2-1-7-3(6)4-2/h1-8,14H,9,18H2,(H,19,21)(H,20,22,23);2-5,9H,6H2,1H3,(H,13,14,16);2-6H,1H3,(H,13,14,16);1-4,8H,5H2,(H,14,15)(H,12,13,16);2-6H,1H3;1H2,(H,4,5,6)/b;;9-6+;;;. The van der Waals surface area contributed by atoms with E-state index >= 15 is 0 Å². The van der Waals surface area contributed by atoms with Crippen LogP contribution >= 0.6 is 58.8 Å². The van der Waals surface area contributed by atoms with Crippen LogP contribution in [0.25, 0.3) is 6.08 Å². The number of carboxylic acid groups (broad SMARTS) is 1. The zero-order chi connectivity index (χ0) is 70.0. The number of aromatic carboxylic acids is 1. The van der Waals surface area contributed by atoms with Crippen molar-refractivity contribution in [1.82, 2.24) is 26.6 Å². The van der Waals surface area contributed by atoms with Crippen LogP contribution in [0.1, 0.15) is 84.4 Å². The molecule has 5 fully saturated rings. The van der Waals surface area contributed by atoms with E-state index in [-0.39, 0.29) is 66.5 Å². The molecule has 11 rings (SSSR count). The molecule has 0 aliphatic carbocycles. The smallest absolute Gasteiger partial charge is 0.337 e. The van der Waals surface area contributed by atoms with Gasteiger partial charge in [0.1, 0.15) is 6.29 Å². The lowest BCUT2D eigenvalue weighted by molar-refractivity contribution is -0.119. The predicted octanol–water partition coefficient (Wildman–Crippen LogP) is 8.11. The van der Waals surface area contributed by atoms with Crippen LogP contribution in [-0.2, 0) is 57.4 Å². The molecule has 27 nitrogen and oxygen atoms in total. The van der Waals surface area contributed by atoms with Crippen LogP contribution < -0.4 is 37.6 Å². The molecule has 0 aromatic heterocycles. The molecule has 5 saturated heterocycles. The molecule has 0 radical (unpaired) electrons. The highest BCUT2D eigenvalue weighted by atomic mass is 32.2. The summed E-state index contributed by atoms with van der Waals surface area (Å²) in [7, 11) is 3.95. The number of imide groups is 5. The number of aldehydes is 1. The van der Waals surface area contributed by atoms with Crippen LogP contribution in [0.2, 0.25) is 0 Å². The third-order valence-electron chi connectivity index (χ3n) is 12.9. The Balaban J connectivity index is 0.000000187. The molecule has 5 heterocycles. The highest BCUT2D eigenvalue weighted by Gasteiger charge is 2.34. The SMILES string of the molecule is COC(=O)c1ccc(/C=C2/SC(=O)NC2=O)cc1.COC(=O)c1ccc(C=O)cc1.COC(=O)c1ccc(CC2SC(=O)NC2=O)cc1.Nc1ccccc1NC(=O)c1ccc(CC2SC(=O)NC2=O)cc1.O=C1CSC(=O)N1.O=C1NC(=O)C(Cc2ccc(C(=O)O)cc2)S1. The fourth-order valence-electron chi connectivity index (χ4n) is 8.04. The second-order valence-corrected chi connectivity index (χ2v) is 25.0. The van der Waals surface area contributed by atoms with Crippen molar-refractivity contribution < 1.29 is 96.0 Å². The lowest BCUT2D eigenvalue weighted by Gasteiger charge is -2.09. The van der Waals surface area contributed by atoms with Gasteiger partial charge >= 0.3 is 23.9 Å². The molecule has 0 bridgehead atoms. The maximum Gasteiger partial charge on any atom is 0.337 e. The van der Waals surface area contributed by atoms with E-state index in [9.17, 15) is 76.7 Å². The van der Waals surface area contributed by atoms with Crippen LogP contribution in [0.3, 0.4) is 0 Å². The maximum atomic E-state index is 12.2. The number of rotatable bonds is 14.